The molecule has 5 nitrogen and oxygen atoms in total. The first-order valence-electron chi connectivity index (χ1n) is 8.53. The van der Waals surface area contributed by atoms with E-state index in [2.05, 4.69) is 26.3 Å². The number of carbonyl (C=O) groups excluding carboxylic acids is 1. The van der Waals surface area contributed by atoms with Gasteiger partial charge >= 0.3 is 0 Å². The number of anilines is 1. The Kier molecular flexibility index (Phi) is 4.39. The topological polar surface area (TPSA) is 66.9 Å². The van der Waals surface area contributed by atoms with Gasteiger partial charge < -0.3 is 5.32 Å². The number of hydrogen-bond acceptors (Lipinski definition) is 3. The molecule has 24 heavy (non-hydrogen) atoms. The molecule has 0 radical (unpaired) electrons. The Morgan fingerprint density at radius 2 is 1.88 bits per heavy atom. The average Bonchev–Trinajstić information content (AvgIpc) is 3.00. The van der Waals surface area contributed by atoms with Gasteiger partial charge in [-0.15, -0.1) is 11.3 Å². The lowest BCUT2D eigenvalue weighted by atomic mass is 9.92. The fraction of sp³-hybridized carbons (Fsp3) is 0.529. The van der Waals surface area contributed by atoms with Gasteiger partial charge in [-0.1, -0.05) is 25.7 Å². The molecule has 1 atom stereocenters. The van der Waals surface area contributed by atoms with Crippen molar-refractivity contribution in [3.05, 3.63) is 36.7 Å². The standard InChI is InChI=1S/C17H20BrN3O2S/c18-13-8-7-12(24-13)11-9-14(22)19-16-15(11)17(23)20-21(16)10-5-3-1-2-4-6-10/h7-8,10-11H,1-6,9H2,(H,19,22)(H,20,23)/t11-/m0/s1. The van der Waals surface area contributed by atoms with Crippen LogP contribution in [0.25, 0.3) is 0 Å². The summed E-state index contributed by atoms with van der Waals surface area (Å²) in [6, 6.07) is 4.26. The Labute approximate surface area is 152 Å². The number of nitrogens with zero attached hydrogens (tertiary/aromatic N) is 1. The zero-order valence-corrected chi connectivity index (χ0v) is 15.7. The minimum atomic E-state index is -0.152. The van der Waals surface area contributed by atoms with E-state index in [1.165, 1.54) is 25.7 Å². The second-order valence-electron chi connectivity index (χ2n) is 6.67. The Hall–Kier alpha value is -1.34. The molecule has 1 fully saturated rings. The van der Waals surface area contributed by atoms with Gasteiger partial charge in [0, 0.05) is 17.2 Å². The highest BCUT2D eigenvalue weighted by Gasteiger charge is 2.34. The minimum absolute atomic E-state index is 0.0154. The summed E-state index contributed by atoms with van der Waals surface area (Å²) >= 11 is 5.07. The second kappa shape index (κ2) is 6.52. The van der Waals surface area contributed by atoms with Crippen LogP contribution in [-0.2, 0) is 4.79 Å². The lowest BCUT2D eigenvalue weighted by Gasteiger charge is -2.25. The SMILES string of the molecule is O=C1C[C@@H](c2ccc(Br)s2)c2c(n(C3CCCCCC3)[nH]c2=O)N1. The first kappa shape index (κ1) is 16.1. The molecule has 1 aliphatic heterocycles. The van der Waals surface area contributed by atoms with Crippen LogP contribution < -0.4 is 10.9 Å². The number of aromatic amines is 1. The zero-order chi connectivity index (χ0) is 16.7. The lowest BCUT2D eigenvalue weighted by Crippen LogP contribution is -2.27. The van der Waals surface area contributed by atoms with Crippen LogP contribution in [0.4, 0.5) is 5.82 Å². The van der Waals surface area contributed by atoms with Crippen LogP contribution >= 0.6 is 27.3 Å². The predicted octanol–water partition coefficient (Wildman–Crippen LogP) is 4.37. The first-order chi connectivity index (χ1) is 11.6. The number of hydrogen-bond donors (Lipinski definition) is 2. The van der Waals surface area contributed by atoms with E-state index >= 15 is 0 Å². The third-order valence-corrected chi connectivity index (χ3v) is 6.82. The Bertz CT molecular complexity index is 814. The van der Waals surface area contributed by atoms with E-state index in [0.717, 1.165) is 21.5 Å². The zero-order valence-electron chi connectivity index (χ0n) is 13.3. The molecule has 2 aromatic heterocycles. The molecule has 0 bridgehead atoms. The third-order valence-electron chi connectivity index (χ3n) is 5.09. The number of amides is 1. The molecule has 1 aliphatic carbocycles. The van der Waals surface area contributed by atoms with Crippen molar-refractivity contribution in [1.29, 1.82) is 0 Å². The maximum absolute atomic E-state index is 12.7. The van der Waals surface area contributed by atoms with Gasteiger partial charge in [0.1, 0.15) is 5.82 Å². The molecule has 2 N–H and O–H groups in total. The van der Waals surface area contributed by atoms with E-state index in [-0.39, 0.29) is 23.4 Å². The molecule has 128 valence electrons. The van der Waals surface area contributed by atoms with Crippen molar-refractivity contribution < 1.29 is 4.79 Å². The number of rotatable bonds is 2. The molecule has 2 aliphatic rings. The van der Waals surface area contributed by atoms with Crippen molar-refractivity contribution in [3.63, 3.8) is 0 Å². The van der Waals surface area contributed by atoms with E-state index in [4.69, 9.17) is 0 Å². The number of carbonyl (C=O) groups is 1. The van der Waals surface area contributed by atoms with E-state index in [9.17, 15) is 9.59 Å². The quantitative estimate of drug-likeness (QED) is 0.722. The smallest absolute Gasteiger partial charge is 0.270 e. The maximum atomic E-state index is 12.7. The monoisotopic (exact) mass is 409 g/mol. The van der Waals surface area contributed by atoms with E-state index in [0.29, 0.717) is 17.8 Å². The molecule has 0 aromatic carbocycles. The summed E-state index contributed by atoms with van der Waals surface area (Å²) in [4.78, 5) is 26.0. The van der Waals surface area contributed by atoms with Gasteiger partial charge in [0.2, 0.25) is 5.91 Å². The molecular formula is C17H20BrN3O2S. The fourth-order valence-corrected chi connectivity index (χ4v) is 5.47. The van der Waals surface area contributed by atoms with E-state index < -0.39 is 0 Å². The Morgan fingerprint density at radius 3 is 2.54 bits per heavy atom. The van der Waals surface area contributed by atoms with Crippen LogP contribution in [0, 0.1) is 0 Å². The fourth-order valence-electron chi connectivity index (χ4n) is 3.93. The third kappa shape index (κ3) is 2.88. The van der Waals surface area contributed by atoms with E-state index in [1.54, 1.807) is 11.3 Å². The lowest BCUT2D eigenvalue weighted by molar-refractivity contribution is -0.116. The highest BCUT2D eigenvalue weighted by Crippen LogP contribution is 2.41. The molecule has 2 aromatic rings. The molecule has 1 amide bonds. The summed E-state index contributed by atoms with van der Waals surface area (Å²) < 4.78 is 2.96. The van der Waals surface area contributed by atoms with Crippen molar-refractivity contribution >= 4 is 39.0 Å². The number of thiophene rings is 1. The molecule has 3 heterocycles. The van der Waals surface area contributed by atoms with Crippen LogP contribution in [0.5, 0.6) is 0 Å². The van der Waals surface area contributed by atoms with Gasteiger partial charge in [0.05, 0.1) is 15.4 Å². The van der Waals surface area contributed by atoms with Crippen LogP contribution in [0.2, 0.25) is 0 Å². The van der Waals surface area contributed by atoms with Crippen molar-refractivity contribution in [2.75, 3.05) is 5.32 Å². The number of halogens is 1. The van der Waals surface area contributed by atoms with Crippen LogP contribution in [0.1, 0.15) is 67.3 Å². The summed E-state index contributed by atoms with van der Waals surface area (Å²) in [6.45, 7) is 0. The van der Waals surface area contributed by atoms with Crippen LogP contribution in [-0.4, -0.2) is 15.7 Å². The van der Waals surface area contributed by atoms with Crippen molar-refractivity contribution in [2.24, 2.45) is 0 Å². The molecule has 4 rings (SSSR count). The number of H-pyrrole nitrogens is 1. The summed E-state index contributed by atoms with van der Waals surface area (Å²) in [7, 11) is 0. The predicted molar refractivity (Wildman–Crippen MR) is 98.9 cm³/mol. The van der Waals surface area contributed by atoms with Gasteiger partial charge in [-0.2, -0.15) is 0 Å². The van der Waals surface area contributed by atoms with Gasteiger partial charge in [-0.05, 0) is 40.9 Å². The average molecular weight is 410 g/mol. The molecule has 0 unspecified atom stereocenters. The highest BCUT2D eigenvalue weighted by atomic mass is 79.9. The summed E-state index contributed by atoms with van der Waals surface area (Å²) in [5.41, 5.74) is 0.650. The van der Waals surface area contributed by atoms with E-state index in [1.807, 2.05) is 16.8 Å². The van der Waals surface area contributed by atoms with Gasteiger partial charge in [-0.3, -0.25) is 19.4 Å². The molecule has 0 saturated heterocycles. The Morgan fingerprint density at radius 1 is 1.12 bits per heavy atom. The van der Waals surface area contributed by atoms with Crippen LogP contribution in [0.3, 0.4) is 0 Å². The van der Waals surface area contributed by atoms with Crippen molar-refractivity contribution in [3.8, 4) is 0 Å². The van der Waals surface area contributed by atoms with Crippen LogP contribution in [0.15, 0.2) is 20.7 Å². The highest BCUT2D eigenvalue weighted by molar-refractivity contribution is 9.11. The molecular weight excluding hydrogens is 390 g/mol. The van der Waals surface area contributed by atoms with Gasteiger partial charge in [-0.25, -0.2) is 0 Å². The van der Waals surface area contributed by atoms with Gasteiger partial charge in [0.25, 0.3) is 5.56 Å². The summed E-state index contributed by atoms with van der Waals surface area (Å²) in [5, 5.41) is 5.98. The Balaban J connectivity index is 1.78. The normalized spacial score (nSPS) is 22.0. The summed E-state index contributed by atoms with van der Waals surface area (Å²) in [6.07, 6.45) is 7.30. The van der Waals surface area contributed by atoms with Gasteiger partial charge in [0.15, 0.2) is 0 Å². The second-order valence-corrected chi connectivity index (χ2v) is 9.16. The number of aromatic nitrogens is 2. The minimum Gasteiger partial charge on any atom is -0.311 e. The molecule has 1 saturated carbocycles. The maximum Gasteiger partial charge on any atom is 0.270 e. The van der Waals surface area contributed by atoms with Crippen molar-refractivity contribution in [2.45, 2.75) is 56.9 Å². The molecule has 0 spiro atoms. The molecule has 7 heteroatoms. The largest absolute Gasteiger partial charge is 0.311 e. The number of fused-ring (bicyclic) bond motifs is 1. The first-order valence-corrected chi connectivity index (χ1v) is 10.1. The summed E-state index contributed by atoms with van der Waals surface area (Å²) in [5.74, 6) is 0.525. The van der Waals surface area contributed by atoms with Crippen molar-refractivity contribution in [1.82, 2.24) is 9.78 Å². The number of nitrogens with one attached hydrogen (secondary N) is 2.